The highest BCUT2D eigenvalue weighted by molar-refractivity contribution is 6.99. The van der Waals surface area contributed by atoms with E-state index in [1.54, 1.807) is 0 Å². The lowest BCUT2D eigenvalue weighted by molar-refractivity contribution is 0.510. The van der Waals surface area contributed by atoms with E-state index in [0.717, 1.165) is 25.1 Å². The van der Waals surface area contributed by atoms with E-state index in [1.807, 2.05) is 6.20 Å². The van der Waals surface area contributed by atoms with Gasteiger partial charge < -0.3 is 5.32 Å². The topological polar surface area (TPSA) is 37.8 Å². The van der Waals surface area contributed by atoms with Crippen LogP contribution in [-0.4, -0.2) is 15.3 Å². The molecule has 0 fully saturated rings. The normalized spacial score (nSPS) is 13.2. The highest BCUT2D eigenvalue weighted by Gasteiger charge is 2.09. The molecule has 1 rings (SSSR count). The summed E-state index contributed by atoms with van der Waals surface area (Å²) < 4.78 is 8.20. The van der Waals surface area contributed by atoms with Crippen LogP contribution < -0.4 is 5.32 Å². The van der Waals surface area contributed by atoms with Crippen LogP contribution in [0.1, 0.15) is 38.4 Å². The van der Waals surface area contributed by atoms with Gasteiger partial charge in [-0.1, -0.05) is 13.8 Å². The van der Waals surface area contributed by atoms with Gasteiger partial charge in [-0.2, -0.15) is 8.75 Å². The van der Waals surface area contributed by atoms with Crippen molar-refractivity contribution in [2.45, 2.75) is 32.7 Å². The van der Waals surface area contributed by atoms with Crippen molar-refractivity contribution in [1.29, 1.82) is 0 Å². The maximum atomic E-state index is 4.21. The first kappa shape index (κ1) is 9.61. The molecule has 0 saturated heterocycles. The molecule has 1 atom stereocenters. The standard InChI is InChI=1S/C8H15N3S/c1-3-5-9-7(4-2)8-6-10-12-11-8/h6-7,9H,3-5H2,1-2H3. The van der Waals surface area contributed by atoms with Gasteiger partial charge in [0, 0.05) is 0 Å². The first-order valence-corrected chi connectivity index (χ1v) is 5.12. The average molecular weight is 185 g/mol. The molecule has 1 aromatic heterocycles. The van der Waals surface area contributed by atoms with Crippen LogP contribution in [0.5, 0.6) is 0 Å². The number of rotatable bonds is 5. The zero-order chi connectivity index (χ0) is 8.81. The van der Waals surface area contributed by atoms with Gasteiger partial charge in [0.1, 0.15) is 0 Å². The average Bonchev–Trinajstić information content (AvgIpc) is 2.59. The Bertz CT molecular complexity index is 198. The minimum Gasteiger partial charge on any atom is -0.309 e. The van der Waals surface area contributed by atoms with Crippen molar-refractivity contribution in [3.05, 3.63) is 11.9 Å². The number of hydrogen-bond donors (Lipinski definition) is 1. The van der Waals surface area contributed by atoms with Crippen LogP contribution >= 0.6 is 11.7 Å². The van der Waals surface area contributed by atoms with Crippen LogP contribution in [-0.2, 0) is 0 Å². The third-order valence-corrected chi connectivity index (χ3v) is 2.28. The fourth-order valence-electron chi connectivity index (χ4n) is 1.10. The predicted molar refractivity (Wildman–Crippen MR) is 51.2 cm³/mol. The van der Waals surface area contributed by atoms with E-state index in [0.29, 0.717) is 6.04 Å². The second kappa shape index (κ2) is 5.22. The van der Waals surface area contributed by atoms with E-state index in [9.17, 15) is 0 Å². The first-order valence-electron chi connectivity index (χ1n) is 4.39. The Balaban J connectivity index is 2.45. The van der Waals surface area contributed by atoms with Crippen LogP contribution in [0.4, 0.5) is 0 Å². The monoisotopic (exact) mass is 185 g/mol. The molecule has 0 aliphatic carbocycles. The molecule has 1 N–H and O–H groups in total. The van der Waals surface area contributed by atoms with E-state index in [4.69, 9.17) is 0 Å². The van der Waals surface area contributed by atoms with Crippen molar-refractivity contribution in [2.24, 2.45) is 0 Å². The number of nitrogens with one attached hydrogen (secondary N) is 1. The van der Waals surface area contributed by atoms with Crippen molar-refractivity contribution < 1.29 is 0 Å². The minimum absolute atomic E-state index is 0.392. The number of nitrogens with zero attached hydrogens (tertiary/aromatic N) is 2. The Labute approximate surface area is 77.5 Å². The van der Waals surface area contributed by atoms with Gasteiger partial charge in [0.15, 0.2) is 0 Å². The van der Waals surface area contributed by atoms with Crippen molar-refractivity contribution in [3.63, 3.8) is 0 Å². The lowest BCUT2D eigenvalue weighted by Crippen LogP contribution is -2.21. The van der Waals surface area contributed by atoms with E-state index in [1.165, 1.54) is 11.7 Å². The summed E-state index contributed by atoms with van der Waals surface area (Å²) in [6.07, 6.45) is 4.08. The quantitative estimate of drug-likeness (QED) is 0.762. The van der Waals surface area contributed by atoms with Crippen molar-refractivity contribution in [1.82, 2.24) is 14.1 Å². The predicted octanol–water partition coefficient (Wildman–Crippen LogP) is 1.99. The van der Waals surface area contributed by atoms with Crippen LogP contribution in [0, 0.1) is 0 Å². The van der Waals surface area contributed by atoms with Crippen LogP contribution in [0.2, 0.25) is 0 Å². The molecule has 0 radical (unpaired) electrons. The molecule has 0 amide bonds. The molecule has 0 aliphatic rings. The maximum absolute atomic E-state index is 4.21. The summed E-state index contributed by atoms with van der Waals surface area (Å²) in [5.74, 6) is 0. The van der Waals surface area contributed by atoms with E-state index in [-0.39, 0.29) is 0 Å². The van der Waals surface area contributed by atoms with Crippen molar-refractivity contribution in [2.75, 3.05) is 6.54 Å². The smallest absolute Gasteiger partial charge is 0.0912 e. The summed E-state index contributed by atoms with van der Waals surface area (Å²) in [7, 11) is 0. The third-order valence-electron chi connectivity index (χ3n) is 1.78. The van der Waals surface area contributed by atoms with Gasteiger partial charge in [0.2, 0.25) is 0 Å². The van der Waals surface area contributed by atoms with Crippen molar-refractivity contribution >= 4 is 11.7 Å². The number of aromatic nitrogens is 2. The van der Waals surface area contributed by atoms with Crippen LogP contribution in [0.3, 0.4) is 0 Å². The lowest BCUT2D eigenvalue weighted by Gasteiger charge is -2.12. The fourth-order valence-corrected chi connectivity index (χ4v) is 1.57. The molecule has 3 nitrogen and oxygen atoms in total. The lowest BCUT2D eigenvalue weighted by atomic mass is 10.1. The molecule has 0 bridgehead atoms. The molecule has 1 heterocycles. The zero-order valence-electron chi connectivity index (χ0n) is 7.58. The Morgan fingerprint density at radius 3 is 2.92 bits per heavy atom. The summed E-state index contributed by atoms with van der Waals surface area (Å²) in [5, 5.41) is 3.43. The molecule has 0 aliphatic heterocycles. The first-order chi connectivity index (χ1) is 5.88. The second-order valence-corrected chi connectivity index (χ2v) is 3.30. The van der Waals surface area contributed by atoms with E-state index >= 15 is 0 Å². The summed E-state index contributed by atoms with van der Waals surface area (Å²) in [6, 6.07) is 0.392. The molecular formula is C8H15N3S. The van der Waals surface area contributed by atoms with E-state index < -0.39 is 0 Å². The number of hydrogen-bond acceptors (Lipinski definition) is 4. The van der Waals surface area contributed by atoms with E-state index in [2.05, 4.69) is 27.9 Å². The van der Waals surface area contributed by atoms with Gasteiger partial charge in [-0.25, -0.2) is 0 Å². The van der Waals surface area contributed by atoms with Gasteiger partial charge in [0.05, 0.1) is 29.7 Å². The molecular weight excluding hydrogens is 170 g/mol. The van der Waals surface area contributed by atoms with Crippen LogP contribution in [0.25, 0.3) is 0 Å². The Morgan fingerprint density at radius 2 is 2.42 bits per heavy atom. The second-order valence-electron chi connectivity index (χ2n) is 2.75. The van der Waals surface area contributed by atoms with Crippen LogP contribution in [0.15, 0.2) is 6.20 Å². The summed E-state index contributed by atoms with van der Waals surface area (Å²) in [6.45, 7) is 5.38. The molecule has 1 aromatic rings. The molecule has 4 heteroatoms. The summed E-state index contributed by atoms with van der Waals surface area (Å²) >= 11 is 1.28. The van der Waals surface area contributed by atoms with Gasteiger partial charge in [0.25, 0.3) is 0 Å². The molecule has 0 saturated carbocycles. The Morgan fingerprint density at radius 1 is 1.58 bits per heavy atom. The Kier molecular flexibility index (Phi) is 4.18. The molecule has 0 aromatic carbocycles. The largest absolute Gasteiger partial charge is 0.309 e. The van der Waals surface area contributed by atoms with Gasteiger partial charge in [-0.05, 0) is 19.4 Å². The zero-order valence-corrected chi connectivity index (χ0v) is 8.40. The Hall–Kier alpha value is -0.480. The molecule has 0 spiro atoms. The molecule has 1 unspecified atom stereocenters. The summed E-state index contributed by atoms with van der Waals surface area (Å²) in [5.41, 5.74) is 1.08. The highest BCUT2D eigenvalue weighted by Crippen LogP contribution is 2.13. The van der Waals surface area contributed by atoms with Gasteiger partial charge in [-0.15, -0.1) is 0 Å². The van der Waals surface area contributed by atoms with Gasteiger partial charge in [-0.3, -0.25) is 0 Å². The minimum atomic E-state index is 0.392. The maximum Gasteiger partial charge on any atom is 0.0912 e. The molecule has 12 heavy (non-hydrogen) atoms. The van der Waals surface area contributed by atoms with Crippen molar-refractivity contribution in [3.8, 4) is 0 Å². The van der Waals surface area contributed by atoms with Gasteiger partial charge >= 0.3 is 0 Å². The highest BCUT2D eigenvalue weighted by atomic mass is 32.1. The third kappa shape index (κ3) is 2.53. The SMILES string of the molecule is CCCNC(CC)c1cnsn1. The fraction of sp³-hybridized carbons (Fsp3) is 0.750. The summed E-state index contributed by atoms with van der Waals surface area (Å²) in [4.78, 5) is 0. The molecule has 68 valence electrons.